The molecule has 0 atom stereocenters. The molecule has 0 aliphatic heterocycles. The summed E-state index contributed by atoms with van der Waals surface area (Å²) in [4.78, 5) is 24.1. The molecule has 5 heteroatoms. The minimum absolute atomic E-state index is 0.00517. The van der Waals surface area contributed by atoms with Gasteiger partial charge in [-0.1, -0.05) is 59.5 Å². The maximum Gasteiger partial charge on any atom is 0.337 e. The standard InChI is InChI=1S/C20H20BrNO3/c1-5-7-9-13(3)14(4)16(8-6-2)19(23)22-18-11-10-15(21)12-17(18)20(24)25/h5-12H,1,3H2,2,4H3,(H,22,23)(H,24,25)/b8-6-,9-7-,16-14+. The number of hydrogen-bond donors (Lipinski definition) is 2. The number of allylic oxidation sites excluding steroid dienone is 6. The van der Waals surface area contributed by atoms with Crippen LogP contribution in [0.25, 0.3) is 0 Å². The first-order valence-corrected chi connectivity index (χ1v) is 8.27. The highest BCUT2D eigenvalue weighted by atomic mass is 79.9. The zero-order valence-electron chi connectivity index (χ0n) is 14.2. The van der Waals surface area contributed by atoms with Crippen LogP contribution in [-0.4, -0.2) is 17.0 Å². The van der Waals surface area contributed by atoms with Crippen molar-refractivity contribution in [1.29, 1.82) is 0 Å². The van der Waals surface area contributed by atoms with Crippen LogP contribution in [0, 0.1) is 0 Å². The molecular formula is C20H20BrNO3. The normalized spacial score (nSPS) is 12.1. The first kappa shape index (κ1) is 20.4. The minimum Gasteiger partial charge on any atom is -0.478 e. The summed E-state index contributed by atoms with van der Waals surface area (Å²) in [5.74, 6) is -1.53. The van der Waals surface area contributed by atoms with E-state index in [1.54, 1.807) is 56.4 Å². The average Bonchev–Trinajstić information content (AvgIpc) is 2.58. The zero-order chi connectivity index (χ0) is 19.0. The molecule has 1 rings (SSSR count). The number of carbonyl (C=O) groups excluding carboxylic acids is 1. The summed E-state index contributed by atoms with van der Waals surface area (Å²) in [6, 6.07) is 4.65. The fourth-order valence-electron chi connectivity index (χ4n) is 2.01. The fourth-order valence-corrected chi connectivity index (χ4v) is 2.37. The number of anilines is 1. The van der Waals surface area contributed by atoms with E-state index in [-0.39, 0.29) is 11.3 Å². The highest BCUT2D eigenvalue weighted by Gasteiger charge is 2.16. The molecule has 0 aliphatic rings. The van der Waals surface area contributed by atoms with Crippen molar-refractivity contribution in [2.24, 2.45) is 0 Å². The van der Waals surface area contributed by atoms with E-state index in [1.165, 1.54) is 6.07 Å². The summed E-state index contributed by atoms with van der Waals surface area (Å²) in [7, 11) is 0. The third-order valence-corrected chi connectivity index (χ3v) is 3.85. The molecule has 0 bridgehead atoms. The Labute approximate surface area is 156 Å². The number of hydrogen-bond acceptors (Lipinski definition) is 2. The quantitative estimate of drug-likeness (QED) is 0.482. The molecule has 1 amide bonds. The number of nitrogens with one attached hydrogen (secondary N) is 1. The van der Waals surface area contributed by atoms with Crippen molar-refractivity contribution in [2.75, 3.05) is 5.32 Å². The van der Waals surface area contributed by atoms with Gasteiger partial charge in [0, 0.05) is 10.0 Å². The minimum atomic E-state index is -1.12. The van der Waals surface area contributed by atoms with Crippen LogP contribution < -0.4 is 5.32 Å². The Balaban J connectivity index is 3.26. The van der Waals surface area contributed by atoms with Crippen molar-refractivity contribution < 1.29 is 14.7 Å². The van der Waals surface area contributed by atoms with Gasteiger partial charge in [-0.25, -0.2) is 4.79 Å². The van der Waals surface area contributed by atoms with E-state index in [9.17, 15) is 14.7 Å². The monoisotopic (exact) mass is 401 g/mol. The molecule has 2 N–H and O–H groups in total. The van der Waals surface area contributed by atoms with E-state index in [2.05, 4.69) is 34.4 Å². The molecule has 0 saturated carbocycles. The van der Waals surface area contributed by atoms with Gasteiger partial charge in [0.05, 0.1) is 11.3 Å². The van der Waals surface area contributed by atoms with Gasteiger partial charge in [-0.2, -0.15) is 0 Å². The number of aromatic carboxylic acids is 1. The number of amides is 1. The lowest BCUT2D eigenvalue weighted by Crippen LogP contribution is -2.17. The molecule has 1 aromatic carbocycles. The van der Waals surface area contributed by atoms with Crippen LogP contribution in [0.3, 0.4) is 0 Å². The van der Waals surface area contributed by atoms with Crippen molar-refractivity contribution in [3.05, 3.63) is 88.5 Å². The second-order valence-corrected chi connectivity index (χ2v) is 6.02. The molecule has 1 aromatic rings. The van der Waals surface area contributed by atoms with Crippen LogP contribution in [-0.2, 0) is 4.79 Å². The Kier molecular flexibility index (Phi) is 7.82. The Morgan fingerprint density at radius 3 is 2.52 bits per heavy atom. The van der Waals surface area contributed by atoms with E-state index in [0.29, 0.717) is 21.2 Å². The first-order chi connectivity index (χ1) is 11.8. The van der Waals surface area contributed by atoms with Crippen LogP contribution in [0.5, 0.6) is 0 Å². The number of carboxylic acids is 1. The van der Waals surface area contributed by atoms with Crippen LogP contribution in [0.15, 0.2) is 82.9 Å². The fraction of sp³-hybridized carbons (Fsp3) is 0.100. The number of carbonyl (C=O) groups is 2. The summed E-state index contributed by atoms with van der Waals surface area (Å²) >= 11 is 3.23. The van der Waals surface area contributed by atoms with E-state index in [4.69, 9.17) is 0 Å². The second-order valence-electron chi connectivity index (χ2n) is 5.11. The van der Waals surface area contributed by atoms with Gasteiger partial charge < -0.3 is 10.4 Å². The molecule has 0 aliphatic carbocycles. The van der Waals surface area contributed by atoms with Gasteiger partial charge in [0.25, 0.3) is 5.91 Å². The third kappa shape index (κ3) is 5.72. The lowest BCUT2D eigenvalue weighted by molar-refractivity contribution is -0.112. The Morgan fingerprint density at radius 1 is 1.28 bits per heavy atom. The zero-order valence-corrected chi connectivity index (χ0v) is 15.8. The van der Waals surface area contributed by atoms with Crippen LogP contribution in [0.1, 0.15) is 24.2 Å². The molecule has 0 radical (unpaired) electrons. The van der Waals surface area contributed by atoms with E-state index in [0.717, 1.165) is 0 Å². The predicted octanol–water partition coefficient (Wildman–Crippen LogP) is 5.28. The van der Waals surface area contributed by atoms with Crippen molar-refractivity contribution in [2.45, 2.75) is 13.8 Å². The number of carboxylic acid groups (broad SMARTS) is 1. The maximum absolute atomic E-state index is 12.7. The smallest absolute Gasteiger partial charge is 0.337 e. The Bertz CT molecular complexity index is 801. The van der Waals surface area contributed by atoms with Crippen molar-refractivity contribution in [3.8, 4) is 0 Å². The number of rotatable bonds is 7. The number of halogens is 1. The molecule has 130 valence electrons. The molecule has 4 nitrogen and oxygen atoms in total. The Hall–Kier alpha value is -2.66. The maximum atomic E-state index is 12.7. The summed E-state index contributed by atoms with van der Waals surface area (Å²) in [5.41, 5.74) is 1.98. The average molecular weight is 402 g/mol. The summed E-state index contributed by atoms with van der Waals surface area (Å²) in [5, 5.41) is 12.0. The summed E-state index contributed by atoms with van der Waals surface area (Å²) in [6.07, 6.45) is 8.50. The highest BCUT2D eigenvalue weighted by molar-refractivity contribution is 9.10. The van der Waals surface area contributed by atoms with Gasteiger partial charge in [-0.05, 0) is 43.2 Å². The molecule has 25 heavy (non-hydrogen) atoms. The molecule has 0 heterocycles. The summed E-state index contributed by atoms with van der Waals surface area (Å²) in [6.45, 7) is 11.1. The van der Waals surface area contributed by atoms with Gasteiger partial charge in [-0.3, -0.25) is 4.79 Å². The molecule has 0 fully saturated rings. The SMILES string of the molecule is C=C/C=C\C(=C)/C(C)=C(\C=C/C)C(=O)Nc1ccc(Br)cc1C(=O)O. The van der Waals surface area contributed by atoms with Gasteiger partial charge in [-0.15, -0.1) is 0 Å². The van der Waals surface area contributed by atoms with E-state index in [1.807, 2.05) is 0 Å². The largest absolute Gasteiger partial charge is 0.478 e. The molecule has 0 unspecified atom stereocenters. The van der Waals surface area contributed by atoms with Gasteiger partial charge in [0.15, 0.2) is 0 Å². The first-order valence-electron chi connectivity index (χ1n) is 7.48. The lowest BCUT2D eigenvalue weighted by atomic mass is 10.0. The second kappa shape index (κ2) is 9.59. The van der Waals surface area contributed by atoms with Crippen LogP contribution in [0.2, 0.25) is 0 Å². The number of benzene rings is 1. The van der Waals surface area contributed by atoms with Gasteiger partial charge in [0.1, 0.15) is 0 Å². The molecule has 0 aromatic heterocycles. The van der Waals surface area contributed by atoms with Crippen LogP contribution in [0.4, 0.5) is 5.69 Å². The van der Waals surface area contributed by atoms with E-state index >= 15 is 0 Å². The van der Waals surface area contributed by atoms with Crippen molar-refractivity contribution >= 4 is 33.5 Å². The predicted molar refractivity (Wildman–Crippen MR) is 106 cm³/mol. The lowest BCUT2D eigenvalue weighted by Gasteiger charge is -2.12. The molecule has 0 saturated heterocycles. The molecule has 0 spiro atoms. The summed E-state index contributed by atoms with van der Waals surface area (Å²) < 4.78 is 0.617. The molecular weight excluding hydrogens is 382 g/mol. The van der Waals surface area contributed by atoms with Crippen molar-refractivity contribution in [1.82, 2.24) is 0 Å². The van der Waals surface area contributed by atoms with Gasteiger partial charge >= 0.3 is 5.97 Å². The van der Waals surface area contributed by atoms with Crippen LogP contribution >= 0.6 is 15.9 Å². The topological polar surface area (TPSA) is 66.4 Å². The van der Waals surface area contributed by atoms with E-state index < -0.39 is 11.9 Å². The van der Waals surface area contributed by atoms with Crippen molar-refractivity contribution in [3.63, 3.8) is 0 Å². The third-order valence-electron chi connectivity index (χ3n) is 3.36. The Morgan fingerprint density at radius 2 is 1.96 bits per heavy atom. The highest BCUT2D eigenvalue weighted by Crippen LogP contribution is 2.23. The van der Waals surface area contributed by atoms with Gasteiger partial charge in [0.2, 0.25) is 0 Å².